The number of amides is 1. The normalized spacial score (nSPS) is 19.6. The lowest BCUT2D eigenvalue weighted by atomic mass is 9.92. The van der Waals surface area contributed by atoms with Crippen LogP contribution < -0.4 is 10.1 Å². The molecule has 1 amide bonds. The first kappa shape index (κ1) is 16.8. The van der Waals surface area contributed by atoms with Crippen molar-refractivity contribution in [2.75, 3.05) is 0 Å². The maximum Gasteiger partial charge on any atom is 0.251 e. The predicted molar refractivity (Wildman–Crippen MR) is 89.5 cm³/mol. The standard InChI is InChI=1S/C18H19N5O2/c19-11-16-18(22-9-8-21-16)25-15-5-3-14(4-6-15)23-17(24)10-13-2-1-7-20-12-13/h1-2,7-9,12,14-15H,3-6,10H2,(H,23,24). The molecular weight excluding hydrogens is 318 g/mol. The molecule has 2 aromatic rings. The Morgan fingerprint density at radius 1 is 1.24 bits per heavy atom. The van der Waals surface area contributed by atoms with E-state index in [4.69, 9.17) is 10.00 Å². The monoisotopic (exact) mass is 337 g/mol. The topological polar surface area (TPSA) is 101 Å². The Bertz CT molecular complexity index is 752. The van der Waals surface area contributed by atoms with Crippen LogP contribution in [0, 0.1) is 11.3 Å². The molecule has 7 nitrogen and oxygen atoms in total. The summed E-state index contributed by atoms with van der Waals surface area (Å²) in [4.78, 5) is 24.2. The number of pyridine rings is 1. The molecule has 2 aromatic heterocycles. The second-order valence-corrected chi connectivity index (χ2v) is 6.02. The van der Waals surface area contributed by atoms with Gasteiger partial charge in [-0.2, -0.15) is 5.26 Å². The molecule has 0 atom stereocenters. The Morgan fingerprint density at radius 3 is 2.76 bits per heavy atom. The SMILES string of the molecule is N#Cc1nccnc1OC1CCC(NC(=O)Cc2cccnc2)CC1. The molecule has 0 unspecified atom stereocenters. The van der Waals surface area contributed by atoms with E-state index in [-0.39, 0.29) is 29.6 Å². The van der Waals surface area contributed by atoms with E-state index in [9.17, 15) is 4.79 Å². The van der Waals surface area contributed by atoms with Crippen molar-refractivity contribution in [1.29, 1.82) is 5.26 Å². The van der Waals surface area contributed by atoms with Crippen molar-refractivity contribution < 1.29 is 9.53 Å². The summed E-state index contributed by atoms with van der Waals surface area (Å²) in [7, 11) is 0. The molecule has 0 aromatic carbocycles. The summed E-state index contributed by atoms with van der Waals surface area (Å²) in [5.74, 6) is 0.298. The summed E-state index contributed by atoms with van der Waals surface area (Å²) in [5.41, 5.74) is 1.11. The quantitative estimate of drug-likeness (QED) is 0.892. The fraction of sp³-hybridized carbons (Fsp3) is 0.389. The van der Waals surface area contributed by atoms with Gasteiger partial charge in [-0.25, -0.2) is 9.97 Å². The van der Waals surface area contributed by atoms with E-state index >= 15 is 0 Å². The second kappa shape index (κ2) is 8.20. The van der Waals surface area contributed by atoms with Crippen molar-refractivity contribution in [3.63, 3.8) is 0 Å². The fourth-order valence-electron chi connectivity index (χ4n) is 2.94. The average molecular weight is 337 g/mol. The van der Waals surface area contributed by atoms with Crippen molar-refractivity contribution in [2.24, 2.45) is 0 Å². The van der Waals surface area contributed by atoms with E-state index in [1.807, 2.05) is 18.2 Å². The van der Waals surface area contributed by atoms with Gasteiger partial charge in [0.25, 0.3) is 5.88 Å². The van der Waals surface area contributed by atoms with Gasteiger partial charge < -0.3 is 10.1 Å². The Morgan fingerprint density at radius 2 is 2.04 bits per heavy atom. The average Bonchev–Trinajstić information content (AvgIpc) is 2.64. The molecule has 1 aliphatic rings. The lowest BCUT2D eigenvalue weighted by Crippen LogP contribution is -2.40. The van der Waals surface area contributed by atoms with Crippen LogP contribution in [-0.2, 0) is 11.2 Å². The summed E-state index contributed by atoms with van der Waals surface area (Å²) < 4.78 is 5.81. The zero-order valence-corrected chi connectivity index (χ0v) is 13.8. The lowest BCUT2D eigenvalue weighted by molar-refractivity contribution is -0.121. The molecule has 0 spiro atoms. The Labute approximate surface area is 146 Å². The number of aromatic nitrogens is 3. The van der Waals surface area contributed by atoms with Crippen LogP contribution in [0.1, 0.15) is 36.9 Å². The Hall–Kier alpha value is -3.01. The van der Waals surface area contributed by atoms with Crippen LogP contribution >= 0.6 is 0 Å². The number of hydrogen-bond acceptors (Lipinski definition) is 6. The first-order chi connectivity index (χ1) is 12.2. The number of nitriles is 1. The van der Waals surface area contributed by atoms with E-state index in [0.717, 1.165) is 31.2 Å². The highest BCUT2D eigenvalue weighted by atomic mass is 16.5. The van der Waals surface area contributed by atoms with Gasteiger partial charge in [0, 0.05) is 30.8 Å². The summed E-state index contributed by atoms with van der Waals surface area (Å²) in [6, 6.07) is 5.86. The van der Waals surface area contributed by atoms with Crippen molar-refractivity contribution in [1.82, 2.24) is 20.3 Å². The van der Waals surface area contributed by atoms with E-state index in [1.165, 1.54) is 12.4 Å². The number of nitrogens with zero attached hydrogens (tertiary/aromatic N) is 4. The van der Waals surface area contributed by atoms with Crippen molar-refractivity contribution in [3.05, 3.63) is 48.2 Å². The van der Waals surface area contributed by atoms with E-state index in [0.29, 0.717) is 6.42 Å². The largest absolute Gasteiger partial charge is 0.472 e. The summed E-state index contributed by atoms with van der Waals surface area (Å²) in [6.07, 6.45) is 10.0. The minimum Gasteiger partial charge on any atom is -0.472 e. The molecule has 1 saturated carbocycles. The highest BCUT2D eigenvalue weighted by Crippen LogP contribution is 2.24. The van der Waals surface area contributed by atoms with Crippen LogP contribution in [0.4, 0.5) is 0 Å². The van der Waals surface area contributed by atoms with Crippen LogP contribution in [0.15, 0.2) is 36.9 Å². The number of hydrogen-bond donors (Lipinski definition) is 1. The van der Waals surface area contributed by atoms with Gasteiger partial charge in [-0.15, -0.1) is 0 Å². The van der Waals surface area contributed by atoms with E-state index in [1.54, 1.807) is 12.4 Å². The molecule has 1 N–H and O–H groups in total. The molecule has 3 rings (SSSR count). The van der Waals surface area contributed by atoms with Gasteiger partial charge in [0.05, 0.1) is 6.42 Å². The first-order valence-corrected chi connectivity index (χ1v) is 8.30. The van der Waals surface area contributed by atoms with Crippen molar-refractivity contribution >= 4 is 5.91 Å². The van der Waals surface area contributed by atoms with Gasteiger partial charge in [0.15, 0.2) is 0 Å². The Kier molecular flexibility index (Phi) is 5.52. The molecule has 25 heavy (non-hydrogen) atoms. The van der Waals surface area contributed by atoms with Crippen LogP contribution in [0.3, 0.4) is 0 Å². The molecule has 0 radical (unpaired) electrons. The van der Waals surface area contributed by atoms with Gasteiger partial charge in [-0.3, -0.25) is 9.78 Å². The molecule has 1 fully saturated rings. The molecular formula is C18H19N5O2. The smallest absolute Gasteiger partial charge is 0.251 e. The fourth-order valence-corrected chi connectivity index (χ4v) is 2.94. The third-order valence-electron chi connectivity index (χ3n) is 4.18. The van der Waals surface area contributed by atoms with Crippen molar-refractivity contribution in [3.8, 4) is 11.9 Å². The summed E-state index contributed by atoms with van der Waals surface area (Å²) in [6.45, 7) is 0. The van der Waals surface area contributed by atoms with Crippen LogP contribution in [0.5, 0.6) is 5.88 Å². The van der Waals surface area contributed by atoms with Gasteiger partial charge >= 0.3 is 0 Å². The second-order valence-electron chi connectivity index (χ2n) is 6.02. The molecule has 0 saturated heterocycles. The summed E-state index contributed by atoms with van der Waals surface area (Å²) in [5, 5.41) is 12.1. The van der Waals surface area contributed by atoms with Crippen LogP contribution in [0.25, 0.3) is 0 Å². The number of carbonyl (C=O) groups is 1. The molecule has 1 aliphatic carbocycles. The zero-order valence-electron chi connectivity index (χ0n) is 13.8. The van der Waals surface area contributed by atoms with Crippen molar-refractivity contribution in [2.45, 2.75) is 44.2 Å². The Balaban J connectivity index is 1.46. The lowest BCUT2D eigenvalue weighted by Gasteiger charge is -2.29. The number of nitrogens with one attached hydrogen (secondary N) is 1. The third kappa shape index (κ3) is 4.73. The van der Waals surface area contributed by atoms with Gasteiger partial charge in [0.1, 0.15) is 12.2 Å². The summed E-state index contributed by atoms with van der Waals surface area (Å²) >= 11 is 0. The van der Waals surface area contributed by atoms with E-state index < -0.39 is 0 Å². The predicted octanol–water partition coefficient (Wildman–Crippen LogP) is 1.79. The maximum absolute atomic E-state index is 12.1. The number of ether oxygens (including phenoxy) is 1. The third-order valence-corrected chi connectivity index (χ3v) is 4.18. The first-order valence-electron chi connectivity index (χ1n) is 8.30. The zero-order chi connectivity index (χ0) is 17.5. The molecule has 0 bridgehead atoms. The minimum absolute atomic E-state index is 0.00437. The van der Waals surface area contributed by atoms with Crippen LogP contribution in [0.2, 0.25) is 0 Å². The highest BCUT2D eigenvalue weighted by molar-refractivity contribution is 5.78. The maximum atomic E-state index is 12.1. The molecule has 0 aliphatic heterocycles. The molecule has 128 valence electrons. The highest BCUT2D eigenvalue weighted by Gasteiger charge is 2.24. The molecule has 7 heteroatoms. The van der Waals surface area contributed by atoms with E-state index in [2.05, 4.69) is 20.3 Å². The minimum atomic E-state index is -0.00437. The van der Waals surface area contributed by atoms with Crippen LogP contribution in [-0.4, -0.2) is 33.0 Å². The molecule has 2 heterocycles. The number of rotatable bonds is 5. The van der Waals surface area contributed by atoms with Gasteiger partial charge in [0.2, 0.25) is 11.6 Å². The van der Waals surface area contributed by atoms with Gasteiger partial charge in [-0.1, -0.05) is 6.07 Å². The number of carbonyl (C=O) groups excluding carboxylic acids is 1. The van der Waals surface area contributed by atoms with Gasteiger partial charge in [-0.05, 0) is 37.3 Å².